The first-order valence-electron chi connectivity index (χ1n) is 9.93. The van der Waals surface area contributed by atoms with Crippen LogP contribution >= 0.6 is 0 Å². The Bertz CT molecular complexity index is 936. The third-order valence-corrected chi connectivity index (χ3v) is 5.52. The SMILES string of the molecule is CN(CCNC(=O)C(CCS(C)(=O)=O)NC(=O)OCc1ccccc1)c1ccccc1. The minimum absolute atomic E-state index is 0.0420. The molecule has 0 fully saturated rings. The quantitative estimate of drug-likeness (QED) is 0.546. The predicted octanol–water partition coefficient (Wildman–Crippen LogP) is 1.97. The number of likely N-dealkylation sites (N-methyl/N-ethyl adjacent to an activating group) is 1. The van der Waals surface area contributed by atoms with Crippen molar-refractivity contribution in [1.29, 1.82) is 0 Å². The molecule has 0 aliphatic heterocycles. The number of hydrogen-bond donors (Lipinski definition) is 2. The average molecular weight is 448 g/mol. The van der Waals surface area contributed by atoms with Crippen LogP contribution in [0.5, 0.6) is 0 Å². The van der Waals surface area contributed by atoms with Crippen molar-refractivity contribution in [2.45, 2.75) is 19.1 Å². The van der Waals surface area contributed by atoms with E-state index in [-0.39, 0.29) is 18.8 Å². The summed E-state index contributed by atoms with van der Waals surface area (Å²) < 4.78 is 28.2. The maximum atomic E-state index is 12.6. The summed E-state index contributed by atoms with van der Waals surface area (Å²) in [6.07, 6.45) is 0.267. The molecule has 0 aromatic heterocycles. The van der Waals surface area contributed by atoms with Crippen molar-refractivity contribution >= 4 is 27.5 Å². The van der Waals surface area contributed by atoms with E-state index in [1.165, 1.54) is 0 Å². The summed E-state index contributed by atoms with van der Waals surface area (Å²) in [5.41, 5.74) is 1.81. The molecule has 0 saturated heterocycles. The van der Waals surface area contributed by atoms with Crippen molar-refractivity contribution in [2.75, 3.05) is 37.0 Å². The molecule has 2 amide bonds. The highest BCUT2D eigenvalue weighted by Crippen LogP contribution is 2.09. The van der Waals surface area contributed by atoms with Gasteiger partial charge in [-0.2, -0.15) is 0 Å². The molecular weight excluding hydrogens is 418 g/mol. The van der Waals surface area contributed by atoms with Gasteiger partial charge in [0.1, 0.15) is 22.5 Å². The highest BCUT2D eigenvalue weighted by molar-refractivity contribution is 7.90. The third-order valence-electron chi connectivity index (χ3n) is 4.54. The molecule has 8 nitrogen and oxygen atoms in total. The highest BCUT2D eigenvalue weighted by Gasteiger charge is 2.23. The lowest BCUT2D eigenvalue weighted by Crippen LogP contribution is -2.49. The molecule has 1 atom stereocenters. The van der Waals surface area contributed by atoms with Crippen LogP contribution in [0.15, 0.2) is 60.7 Å². The van der Waals surface area contributed by atoms with Gasteiger partial charge < -0.3 is 20.3 Å². The molecule has 168 valence electrons. The van der Waals surface area contributed by atoms with E-state index in [0.717, 1.165) is 17.5 Å². The fraction of sp³-hybridized carbons (Fsp3) is 0.364. The minimum atomic E-state index is -3.29. The molecule has 0 aliphatic rings. The van der Waals surface area contributed by atoms with Gasteiger partial charge in [0.25, 0.3) is 0 Å². The smallest absolute Gasteiger partial charge is 0.408 e. The van der Waals surface area contributed by atoms with Gasteiger partial charge in [-0.1, -0.05) is 48.5 Å². The van der Waals surface area contributed by atoms with Gasteiger partial charge in [0.15, 0.2) is 0 Å². The van der Waals surface area contributed by atoms with Crippen LogP contribution in [0.3, 0.4) is 0 Å². The maximum Gasteiger partial charge on any atom is 0.408 e. The van der Waals surface area contributed by atoms with Crippen LogP contribution in [0.2, 0.25) is 0 Å². The Labute approximate surface area is 183 Å². The number of para-hydroxylation sites is 1. The Morgan fingerprint density at radius 2 is 1.65 bits per heavy atom. The van der Waals surface area contributed by atoms with Crippen molar-refractivity contribution in [3.05, 3.63) is 66.2 Å². The molecule has 2 N–H and O–H groups in total. The van der Waals surface area contributed by atoms with Gasteiger partial charge in [0, 0.05) is 32.1 Å². The zero-order chi connectivity index (χ0) is 22.7. The molecule has 0 heterocycles. The number of carbonyl (C=O) groups is 2. The normalized spacial score (nSPS) is 11.9. The van der Waals surface area contributed by atoms with E-state index in [9.17, 15) is 18.0 Å². The fourth-order valence-corrected chi connectivity index (χ4v) is 3.45. The molecule has 0 radical (unpaired) electrons. The van der Waals surface area contributed by atoms with Crippen LogP contribution in [0, 0.1) is 0 Å². The number of amides is 2. The number of carbonyl (C=O) groups excluding carboxylic acids is 2. The molecular formula is C22H29N3O5S. The van der Waals surface area contributed by atoms with Crippen LogP contribution < -0.4 is 15.5 Å². The van der Waals surface area contributed by atoms with E-state index >= 15 is 0 Å². The van der Waals surface area contributed by atoms with Gasteiger partial charge >= 0.3 is 6.09 Å². The third kappa shape index (κ3) is 9.52. The van der Waals surface area contributed by atoms with Gasteiger partial charge in [-0.25, -0.2) is 13.2 Å². The van der Waals surface area contributed by atoms with Crippen LogP contribution in [-0.4, -0.2) is 58.6 Å². The molecule has 9 heteroatoms. The summed E-state index contributed by atoms with van der Waals surface area (Å²) in [5.74, 6) is -0.685. The van der Waals surface area contributed by atoms with Crippen molar-refractivity contribution in [2.24, 2.45) is 0 Å². The zero-order valence-corrected chi connectivity index (χ0v) is 18.6. The van der Waals surface area contributed by atoms with Gasteiger partial charge in [-0.3, -0.25) is 4.79 Å². The number of sulfone groups is 1. The standard InChI is InChI=1S/C22H29N3O5S/c1-25(19-11-7-4-8-12-19)15-14-23-21(26)20(13-16-31(2,28)29)24-22(27)30-17-18-9-5-3-6-10-18/h3-12,20H,13-17H2,1-2H3,(H,23,26)(H,24,27). The number of nitrogens with one attached hydrogen (secondary N) is 2. The van der Waals surface area contributed by atoms with Gasteiger partial charge in [0.2, 0.25) is 5.91 Å². The number of benzene rings is 2. The molecule has 2 aromatic rings. The molecule has 2 rings (SSSR count). The summed E-state index contributed by atoms with van der Waals surface area (Å²) in [6.45, 7) is 0.933. The van der Waals surface area contributed by atoms with Crippen molar-refractivity contribution in [3.8, 4) is 0 Å². The number of ether oxygens (including phenoxy) is 1. The molecule has 0 spiro atoms. The van der Waals surface area contributed by atoms with Crippen LogP contribution in [0.4, 0.5) is 10.5 Å². The molecule has 0 bridgehead atoms. The van der Waals surface area contributed by atoms with Crippen molar-refractivity contribution in [1.82, 2.24) is 10.6 Å². The zero-order valence-electron chi connectivity index (χ0n) is 17.8. The lowest BCUT2D eigenvalue weighted by Gasteiger charge is -2.21. The molecule has 31 heavy (non-hydrogen) atoms. The highest BCUT2D eigenvalue weighted by atomic mass is 32.2. The van der Waals surface area contributed by atoms with E-state index in [1.807, 2.05) is 72.6 Å². The van der Waals surface area contributed by atoms with E-state index < -0.39 is 27.9 Å². The molecule has 1 unspecified atom stereocenters. The van der Waals surface area contributed by atoms with Crippen molar-refractivity contribution in [3.63, 3.8) is 0 Å². The Kier molecular flexibility index (Phi) is 9.33. The Hall–Kier alpha value is -3.07. The second-order valence-corrected chi connectivity index (χ2v) is 9.49. The lowest BCUT2D eigenvalue weighted by molar-refractivity contribution is -0.123. The van der Waals surface area contributed by atoms with E-state index in [1.54, 1.807) is 0 Å². The van der Waals surface area contributed by atoms with E-state index in [2.05, 4.69) is 10.6 Å². The van der Waals surface area contributed by atoms with Crippen LogP contribution in [-0.2, 0) is 26.0 Å². The van der Waals surface area contributed by atoms with Gasteiger partial charge in [-0.15, -0.1) is 0 Å². The molecule has 0 saturated carbocycles. The maximum absolute atomic E-state index is 12.6. The van der Waals surface area contributed by atoms with Crippen molar-refractivity contribution < 1.29 is 22.7 Å². The Morgan fingerprint density at radius 1 is 1.03 bits per heavy atom. The molecule has 0 aliphatic carbocycles. The van der Waals surface area contributed by atoms with Crippen LogP contribution in [0.25, 0.3) is 0 Å². The monoisotopic (exact) mass is 447 g/mol. The summed E-state index contributed by atoms with van der Waals surface area (Å²) in [4.78, 5) is 26.7. The first-order valence-corrected chi connectivity index (χ1v) is 12.0. The number of nitrogens with zero attached hydrogens (tertiary/aromatic N) is 1. The second kappa shape index (κ2) is 11.9. The fourth-order valence-electron chi connectivity index (χ4n) is 2.79. The lowest BCUT2D eigenvalue weighted by atomic mass is 10.2. The Morgan fingerprint density at radius 3 is 2.26 bits per heavy atom. The second-order valence-electron chi connectivity index (χ2n) is 7.23. The number of rotatable bonds is 11. The summed E-state index contributed by atoms with van der Waals surface area (Å²) in [7, 11) is -1.39. The van der Waals surface area contributed by atoms with E-state index in [4.69, 9.17) is 4.74 Å². The minimum Gasteiger partial charge on any atom is -0.445 e. The number of alkyl carbamates (subject to hydrolysis) is 1. The number of anilines is 1. The largest absolute Gasteiger partial charge is 0.445 e. The average Bonchev–Trinajstić information content (AvgIpc) is 2.75. The van der Waals surface area contributed by atoms with Crippen LogP contribution in [0.1, 0.15) is 12.0 Å². The number of hydrogen-bond acceptors (Lipinski definition) is 6. The summed E-state index contributed by atoms with van der Waals surface area (Å²) in [5, 5.41) is 5.23. The topological polar surface area (TPSA) is 105 Å². The van der Waals surface area contributed by atoms with E-state index in [0.29, 0.717) is 13.1 Å². The van der Waals surface area contributed by atoms with Gasteiger partial charge in [0.05, 0.1) is 5.75 Å². The molecule has 2 aromatic carbocycles. The first kappa shape index (κ1) is 24.2. The Balaban J connectivity index is 1.87. The first-order chi connectivity index (χ1) is 14.7. The summed E-state index contributed by atoms with van der Waals surface area (Å²) in [6, 6.07) is 17.8. The predicted molar refractivity (Wildman–Crippen MR) is 121 cm³/mol. The summed E-state index contributed by atoms with van der Waals surface area (Å²) >= 11 is 0. The van der Waals surface area contributed by atoms with Gasteiger partial charge in [-0.05, 0) is 24.1 Å².